The van der Waals surface area contributed by atoms with Crippen molar-refractivity contribution in [2.45, 2.75) is 25.7 Å². The van der Waals surface area contributed by atoms with Gasteiger partial charge in [-0.05, 0) is 42.7 Å². The number of anilines is 1. The van der Waals surface area contributed by atoms with E-state index in [4.69, 9.17) is 9.47 Å². The van der Waals surface area contributed by atoms with Crippen LogP contribution >= 0.6 is 0 Å². The molecule has 0 saturated carbocycles. The molecule has 2 aromatic rings. The van der Waals surface area contributed by atoms with Crippen molar-refractivity contribution in [3.05, 3.63) is 54.1 Å². The Morgan fingerprint density at radius 3 is 2.67 bits per heavy atom. The van der Waals surface area contributed by atoms with Crippen LogP contribution in [-0.2, 0) is 11.2 Å². The van der Waals surface area contributed by atoms with Gasteiger partial charge in [0.15, 0.2) is 11.5 Å². The molecule has 1 aliphatic rings. The van der Waals surface area contributed by atoms with Crippen LogP contribution in [0.4, 0.5) is 5.69 Å². The van der Waals surface area contributed by atoms with Gasteiger partial charge >= 0.3 is 0 Å². The molecule has 0 atom stereocenters. The lowest BCUT2D eigenvalue weighted by atomic mass is 10.1. The van der Waals surface area contributed by atoms with Crippen molar-refractivity contribution in [2.75, 3.05) is 38.3 Å². The van der Waals surface area contributed by atoms with E-state index in [-0.39, 0.29) is 5.91 Å². The summed E-state index contributed by atoms with van der Waals surface area (Å²) in [6, 6.07) is 16.2. The lowest BCUT2D eigenvalue weighted by Crippen LogP contribution is -2.28. The fourth-order valence-corrected chi connectivity index (χ4v) is 3.07. The summed E-state index contributed by atoms with van der Waals surface area (Å²) in [7, 11) is 2.07. The third-order valence-electron chi connectivity index (χ3n) is 4.64. The highest BCUT2D eigenvalue weighted by molar-refractivity contribution is 5.76. The minimum atomic E-state index is 0.0875. The number of nitrogens with one attached hydrogen (secondary N) is 1. The molecule has 0 spiro atoms. The molecule has 1 aliphatic heterocycles. The first-order valence-electron chi connectivity index (χ1n) is 9.64. The molecule has 27 heavy (non-hydrogen) atoms. The Hall–Kier alpha value is -2.69. The largest absolute Gasteiger partial charge is 0.490 e. The van der Waals surface area contributed by atoms with Gasteiger partial charge in [0.2, 0.25) is 5.91 Å². The number of amides is 1. The number of hydrogen-bond acceptors (Lipinski definition) is 4. The number of carbonyl (C=O) groups excluding carboxylic acids is 1. The highest BCUT2D eigenvalue weighted by atomic mass is 16.5. The quantitative estimate of drug-likeness (QED) is 0.726. The van der Waals surface area contributed by atoms with Gasteiger partial charge in [0.1, 0.15) is 0 Å². The topological polar surface area (TPSA) is 50.8 Å². The number of aryl methyl sites for hydroxylation is 1. The van der Waals surface area contributed by atoms with Crippen LogP contribution in [-0.4, -0.2) is 39.3 Å². The molecule has 0 bridgehead atoms. The zero-order valence-electron chi connectivity index (χ0n) is 15.9. The Balaban J connectivity index is 1.36. The van der Waals surface area contributed by atoms with Gasteiger partial charge in [-0.2, -0.15) is 0 Å². The van der Waals surface area contributed by atoms with Gasteiger partial charge in [-0.3, -0.25) is 4.79 Å². The Kier molecular flexibility index (Phi) is 6.97. The number of benzene rings is 2. The molecule has 3 rings (SSSR count). The molecule has 5 heteroatoms. The van der Waals surface area contributed by atoms with Crippen molar-refractivity contribution in [1.82, 2.24) is 5.32 Å². The molecule has 144 valence electrons. The van der Waals surface area contributed by atoms with Crippen molar-refractivity contribution in [1.29, 1.82) is 0 Å². The minimum Gasteiger partial charge on any atom is -0.490 e. The predicted octanol–water partition coefficient (Wildman–Crippen LogP) is 3.42. The third kappa shape index (κ3) is 5.91. The molecule has 1 amide bonds. The van der Waals surface area contributed by atoms with E-state index in [0.29, 0.717) is 32.6 Å². The zero-order chi connectivity index (χ0) is 18.9. The van der Waals surface area contributed by atoms with Crippen molar-refractivity contribution >= 4 is 11.6 Å². The number of fused-ring (bicyclic) bond motifs is 1. The average Bonchev–Trinajstić information content (AvgIpc) is 2.95. The van der Waals surface area contributed by atoms with Gasteiger partial charge in [-0.25, -0.2) is 0 Å². The van der Waals surface area contributed by atoms with Gasteiger partial charge in [0.05, 0.1) is 13.2 Å². The Labute approximate surface area is 161 Å². The summed E-state index contributed by atoms with van der Waals surface area (Å²) >= 11 is 0. The Morgan fingerprint density at radius 2 is 1.85 bits per heavy atom. The molecule has 1 heterocycles. The number of hydrogen-bond donors (Lipinski definition) is 1. The summed E-state index contributed by atoms with van der Waals surface area (Å²) in [6.07, 6.45) is 2.99. The maximum Gasteiger partial charge on any atom is 0.220 e. The summed E-state index contributed by atoms with van der Waals surface area (Å²) < 4.78 is 11.3. The molecular weight excluding hydrogens is 340 g/mol. The number of ether oxygens (including phenoxy) is 2. The monoisotopic (exact) mass is 368 g/mol. The maximum atomic E-state index is 12.1. The predicted molar refractivity (Wildman–Crippen MR) is 108 cm³/mol. The molecule has 0 unspecified atom stereocenters. The average molecular weight is 368 g/mol. The van der Waals surface area contributed by atoms with E-state index in [0.717, 1.165) is 36.4 Å². The second kappa shape index (κ2) is 9.86. The number of nitrogens with zero attached hydrogens (tertiary/aromatic N) is 1. The lowest BCUT2D eigenvalue weighted by molar-refractivity contribution is -0.121. The molecule has 0 fully saturated rings. The zero-order valence-corrected chi connectivity index (χ0v) is 15.9. The molecule has 0 aliphatic carbocycles. The standard InChI is InChI=1S/C22H28N2O3/c1-24(19-7-3-2-4-8-19)14-5-13-23-22(25)12-10-18-9-11-20-21(17-18)27-16-6-15-26-20/h2-4,7-9,11,17H,5-6,10,12-16H2,1H3,(H,23,25). The van der Waals surface area contributed by atoms with E-state index in [1.165, 1.54) is 5.69 Å². The Morgan fingerprint density at radius 1 is 1.07 bits per heavy atom. The first kappa shape index (κ1) is 19.1. The molecule has 1 N–H and O–H groups in total. The van der Waals surface area contributed by atoms with Gasteiger partial charge in [0.25, 0.3) is 0 Å². The van der Waals surface area contributed by atoms with E-state index >= 15 is 0 Å². The summed E-state index contributed by atoms with van der Waals surface area (Å²) in [5.74, 6) is 1.67. The third-order valence-corrected chi connectivity index (χ3v) is 4.64. The fraction of sp³-hybridized carbons (Fsp3) is 0.409. The molecule has 5 nitrogen and oxygen atoms in total. The first-order chi connectivity index (χ1) is 13.2. The summed E-state index contributed by atoms with van der Waals surface area (Å²) in [5, 5.41) is 3.01. The molecule has 2 aromatic carbocycles. The van der Waals surface area contributed by atoms with E-state index in [2.05, 4.69) is 29.4 Å². The second-order valence-corrected chi connectivity index (χ2v) is 6.79. The van der Waals surface area contributed by atoms with Crippen LogP contribution in [0, 0.1) is 0 Å². The highest BCUT2D eigenvalue weighted by Crippen LogP contribution is 2.30. The van der Waals surface area contributed by atoms with E-state index in [1.54, 1.807) is 0 Å². The summed E-state index contributed by atoms with van der Waals surface area (Å²) in [4.78, 5) is 14.3. The Bertz CT molecular complexity index is 734. The molecule has 0 radical (unpaired) electrons. The van der Waals surface area contributed by atoms with E-state index in [9.17, 15) is 4.79 Å². The van der Waals surface area contributed by atoms with Crippen LogP contribution in [0.1, 0.15) is 24.8 Å². The van der Waals surface area contributed by atoms with Crippen LogP contribution in [0.5, 0.6) is 11.5 Å². The minimum absolute atomic E-state index is 0.0875. The summed E-state index contributed by atoms with van der Waals surface area (Å²) in [6.45, 7) is 2.96. The lowest BCUT2D eigenvalue weighted by Gasteiger charge is -2.19. The number of para-hydroxylation sites is 1. The van der Waals surface area contributed by atoms with Crippen molar-refractivity contribution in [3.8, 4) is 11.5 Å². The number of carbonyl (C=O) groups is 1. The number of rotatable bonds is 8. The molecule has 0 saturated heterocycles. The summed E-state index contributed by atoms with van der Waals surface area (Å²) in [5.41, 5.74) is 2.29. The fourth-order valence-electron chi connectivity index (χ4n) is 3.07. The second-order valence-electron chi connectivity index (χ2n) is 6.79. The highest BCUT2D eigenvalue weighted by Gasteiger charge is 2.11. The first-order valence-corrected chi connectivity index (χ1v) is 9.64. The van der Waals surface area contributed by atoms with Crippen LogP contribution < -0.4 is 19.7 Å². The molecule has 0 aromatic heterocycles. The smallest absolute Gasteiger partial charge is 0.220 e. The van der Waals surface area contributed by atoms with Gasteiger partial charge < -0.3 is 19.7 Å². The van der Waals surface area contributed by atoms with Crippen molar-refractivity contribution in [2.24, 2.45) is 0 Å². The molecular formula is C22H28N2O3. The van der Waals surface area contributed by atoms with E-state index in [1.807, 2.05) is 36.4 Å². The van der Waals surface area contributed by atoms with Crippen molar-refractivity contribution < 1.29 is 14.3 Å². The van der Waals surface area contributed by atoms with Gasteiger partial charge in [0, 0.05) is 38.7 Å². The van der Waals surface area contributed by atoms with Crippen LogP contribution in [0.2, 0.25) is 0 Å². The maximum absolute atomic E-state index is 12.1. The van der Waals surface area contributed by atoms with Gasteiger partial charge in [-0.1, -0.05) is 24.3 Å². The van der Waals surface area contributed by atoms with Crippen molar-refractivity contribution in [3.63, 3.8) is 0 Å². The van der Waals surface area contributed by atoms with Crippen LogP contribution in [0.3, 0.4) is 0 Å². The SMILES string of the molecule is CN(CCCNC(=O)CCc1ccc2c(c1)OCCCO2)c1ccccc1. The van der Waals surface area contributed by atoms with Crippen LogP contribution in [0.15, 0.2) is 48.5 Å². The van der Waals surface area contributed by atoms with E-state index < -0.39 is 0 Å². The van der Waals surface area contributed by atoms with Gasteiger partial charge in [-0.15, -0.1) is 0 Å². The van der Waals surface area contributed by atoms with Crippen LogP contribution in [0.25, 0.3) is 0 Å². The normalized spacial score (nSPS) is 12.9.